The number of Topliss-reactive ketones (excluding diaryl/α,β-unsaturated/α-hetero) is 2. The second kappa shape index (κ2) is 32.2. The Morgan fingerprint density at radius 2 is 1.33 bits per heavy atom. The maximum atomic E-state index is 13.9. The van der Waals surface area contributed by atoms with Gasteiger partial charge in [0.1, 0.15) is 59.2 Å². The Morgan fingerprint density at radius 3 is 1.90 bits per heavy atom. The molecular weight excluding hydrogens is 1090 g/mol. The van der Waals surface area contributed by atoms with Crippen molar-refractivity contribution in [1.82, 2.24) is 0 Å². The van der Waals surface area contributed by atoms with Crippen molar-refractivity contribution in [3.63, 3.8) is 0 Å². The van der Waals surface area contributed by atoms with Gasteiger partial charge in [-0.05, 0) is 70.6 Å². The number of hydrogen-bond acceptors (Lipinski definition) is 19. The van der Waals surface area contributed by atoms with E-state index in [1.807, 2.05) is 6.92 Å². The largest absolute Gasteiger partial charge is 0.506 e. The fraction of sp³-hybridized carbons (Fsp3) is 0.450. The number of anilines is 3. The molecule has 0 aromatic heterocycles. The summed E-state index contributed by atoms with van der Waals surface area (Å²) >= 11 is 1.41. The number of aliphatic imine (C=N–C) groups is 1. The SMILES string of the molecule is CO[C@H]1C[C@H](C)Cc2c(O)c(cc(O)c2N=CCSCCNc2c(O)cc3c(O)c2C=C(C)C[C@H](OC)C(=O)[C@@H](C)C=C(C)[C@H](OC(N)=O)[C@@H](OC)C=CC=C(C)C(=O)N3)NC(=O)C(C)=CC=C[C@H](OC)[C@@H](OC(N)=O)C(C)C=C(C)C1=O. The molecule has 0 saturated carbocycles. The van der Waals surface area contributed by atoms with Crippen molar-refractivity contribution in [3.8, 4) is 23.0 Å². The molecule has 2 aromatic rings. The number of fused-ring (bicyclic) bond motifs is 4. The predicted molar refractivity (Wildman–Crippen MR) is 320 cm³/mol. The summed E-state index contributed by atoms with van der Waals surface area (Å²) in [6, 6.07) is 2.39. The number of ether oxygens (including phenoxy) is 6. The first-order valence-corrected chi connectivity index (χ1v) is 27.9. The van der Waals surface area contributed by atoms with E-state index in [4.69, 9.17) is 39.9 Å². The lowest BCUT2D eigenvalue weighted by atomic mass is 9.89. The van der Waals surface area contributed by atoms with Crippen molar-refractivity contribution in [2.75, 3.05) is 62.4 Å². The Kier molecular flexibility index (Phi) is 26.3. The van der Waals surface area contributed by atoms with Gasteiger partial charge >= 0.3 is 12.2 Å². The summed E-state index contributed by atoms with van der Waals surface area (Å²) in [5.74, 6) is -4.26. The highest BCUT2D eigenvalue weighted by molar-refractivity contribution is 7.99. The van der Waals surface area contributed by atoms with Crippen LogP contribution in [-0.2, 0) is 54.0 Å². The molecule has 2 aliphatic rings. The van der Waals surface area contributed by atoms with Crippen LogP contribution in [0.4, 0.5) is 32.3 Å². The zero-order chi connectivity index (χ0) is 61.8. The fourth-order valence-electron chi connectivity index (χ4n) is 9.43. The molecular formula is C60H80N6O16S. The van der Waals surface area contributed by atoms with Gasteiger partial charge < -0.3 is 76.3 Å². The van der Waals surface area contributed by atoms with E-state index in [1.54, 1.807) is 65.0 Å². The Morgan fingerprint density at radius 1 is 0.747 bits per heavy atom. The van der Waals surface area contributed by atoms with Gasteiger partial charge in [-0.3, -0.25) is 24.2 Å². The number of carbonyl (C=O) groups is 6. The maximum Gasteiger partial charge on any atom is 0.405 e. The molecule has 83 heavy (non-hydrogen) atoms. The van der Waals surface area contributed by atoms with E-state index in [1.165, 1.54) is 96.7 Å². The number of nitrogens with zero attached hydrogens (tertiary/aromatic N) is 1. The number of nitrogens with two attached hydrogens (primary N) is 2. The highest BCUT2D eigenvalue weighted by atomic mass is 32.2. The minimum absolute atomic E-state index is 0.0327. The van der Waals surface area contributed by atoms with E-state index < -0.39 is 72.5 Å². The summed E-state index contributed by atoms with van der Waals surface area (Å²) in [5, 5.41) is 55.0. The van der Waals surface area contributed by atoms with Gasteiger partial charge in [-0.2, -0.15) is 11.8 Å². The van der Waals surface area contributed by atoms with E-state index in [9.17, 15) is 49.2 Å². The Hall–Kier alpha value is -7.70. The summed E-state index contributed by atoms with van der Waals surface area (Å²) in [6.45, 7) is 13.5. The Bertz CT molecular complexity index is 2960. The van der Waals surface area contributed by atoms with Gasteiger partial charge in [-0.25, -0.2) is 9.59 Å². The fourth-order valence-corrected chi connectivity index (χ4v) is 10.0. The van der Waals surface area contributed by atoms with Gasteiger partial charge in [0.25, 0.3) is 11.8 Å². The number of thioether (sulfide) groups is 1. The average molecular weight is 1170 g/mol. The third-order valence-corrected chi connectivity index (χ3v) is 14.8. The van der Waals surface area contributed by atoms with E-state index in [0.29, 0.717) is 22.5 Å². The molecule has 2 aliphatic heterocycles. The van der Waals surface area contributed by atoms with Crippen LogP contribution in [0.2, 0.25) is 0 Å². The highest BCUT2D eigenvalue weighted by Gasteiger charge is 2.32. The summed E-state index contributed by atoms with van der Waals surface area (Å²) in [5.41, 5.74) is 12.9. The predicted octanol–water partition coefficient (Wildman–Crippen LogP) is 8.62. The lowest BCUT2D eigenvalue weighted by molar-refractivity contribution is -0.131. The maximum absolute atomic E-state index is 13.9. The molecule has 2 aromatic carbocycles. The van der Waals surface area contributed by atoms with Crippen molar-refractivity contribution in [2.45, 2.75) is 111 Å². The molecule has 4 rings (SSSR count). The van der Waals surface area contributed by atoms with E-state index >= 15 is 0 Å². The number of nitrogens with one attached hydrogen (secondary N) is 3. The third kappa shape index (κ3) is 19.2. The molecule has 1 unspecified atom stereocenters. The molecule has 2 heterocycles. The van der Waals surface area contributed by atoms with Crippen LogP contribution in [0.15, 0.2) is 93.6 Å². The number of methoxy groups -OCH3 is 4. The number of phenols is 4. The number of rotatable bonds is 13. The minimum atomic E-state index is -1.06. The number of amides is 4. The highest BCUT2D eigenvalue weighted by Crippen LogP contribution is 2.45. The van der Waals surface area contributed by atoms with E-state index in [-0.39, 0.29) is 117 Å². The van der Waals surface area contributed by atoms with Crippen LogP contribution in [0, 0.1) is 17.8 Å². The smallest absolute Gasteiger partial charge is 0.405 e. The van der Waals surface area contributed by atoms with Gasteiger partial charge in [-0.1, -0.05) is 75.0 Å². The van der Waals surface area contributed by atoms with Gasteiger partial charge in [-0.15, -0.1) is 0 Å². The molecule has 452 valence electrons. The monoisotopic (exact) mass is 1170 g/mol. The molecule has 23 heteroatoms. The van der Waals surface area contributed by atoms with Crippen LogP contribution < -0.4 is 27.4 Å². The number of carbonyl (C=O) groups excluding carboxylic acids is 6. The first kappa shape index (κ1) is 67.8. The summed E-state index contributed by atoms with van der Waals surface area (Å²) in [7, 11) is 5.60. The van der Waals surface area contributed by atoms with Crippen LogP contribution in [-0.4, -0.2) is 145 Å². The van der Waals surface area contributed by atoms with Crippen LogP contribution in [0.5, 0.6) is 23.0 Å². The second-order valence-corrected chi connectivity index (χ2v) is 21.6. The molecule has 0 fully saturated rings. The van der Waals surface area contributed by atoms with Crippen LogP contribution in [0.25, 0.3) is 6.08 Å². The van der Waals surface area contributed by atoms with Crippen molar-refractivity contribution >= 4 is 82.4 Å². The molecule has 22 nitrogen and oxygen atoms in total. The number of benzene rings is 2. The summed E-state index contributed by atoms with van der Waals surface area (Å²) in [4.78, 5) is 83.3. The third-order valence-electron chi connectivity index (χ3n) is 13.9. The van der Waals surface area contributed by atoms with Gasteiger partial charge in [0.15, 0.2) is 17.7 Å². The first-order chi connectivity index (χ1) is 39.3. The normalized spacial score (nSPS) is 24.0. The lowest BCUT2D eigenvalue weighted by Crippen LogP contribution is -2.38. The lowest BCUT2D eigenvalue weighted by Gasteiger charge is -2.27. The van der Waals surface area contributed by atoms with Gasteiger partial charge in [0.05, 0.1) is 17.1 Å². The second-order valence-electron chi connectivity index (χ2n) is 20.4. The Balaban J connectivity index is 1.64. The van der Waals surface area contributed by atoms with Crippen LogP contribution >= 0.6 is 11.8 Å². The standard InChI is InChI=1S/C60H80N6O16S/c1-31-23-39-49(43(67)29-41(53(39)71)65-57(73)33(3)15-13-17-45(77-9)55(81-59(61)75)37(7)27-35(5)51(69)47(25-31)79-11)63-19-21-83-22-20-64-50-40-24-32(2)26-48(80-12)52(70)36(6)28-38(8)56(82-60(62)76)46(78-10)18-14-16-34(4)58(74)66-42(54(40)72)30-44(50)68/h13-19,24,27-31,36-37,45-48,55-56,64,67-68,71-72H,20-23,25-26H2,1-12H3,(H2,61,75)(H2,62,76)(H,65,73)(H,66,74)/t31-,36+,37?,45+,46+,47+,48+,55+,56+/m1/s1. The molecule has 4 bridgehead atoms. The van der Waals surface area contributed by atoms with E-state index in [0.717, 1.165) is 0 Å². The number of aromatic hydroxyl groups is 4. The van der Waals surface area contributed by atoms with Crippen LogP contribution in [0.1, 0.15) is 79.4 Å². The molecule has 0 radical (unpaired) electrons. The number of primary amides is 2. The quantitative estimate of drug-likeness (QED) is 0.0298. The molecule has 11 N–H and O–H groups in total. The molecule has 0 aliphatic carbocycles. The Labute approximate surface area is 488 Å². The summed E-state index contributed by atoms with van der Waals surface area (Å²) in [6.07, 6.45) is 8.09. The molecule has 4 amide bonds. The number of hydrogen-bond donors (Lipinski definition) is 9. The number of allylic oxidation sites excluding steroid dienone is 5. The van der Waals surface area contributed by atoms with Crippen molar-refractivity contribution in [1.29, 1.82) is 0 Å². The first-order valence-electron chi connectivity index (χ1n) is 26.8. The van der Waals surface area contributed by atoms with Crippen molar-refractivity contribution < 1.29 is 77.6 Å². The van der Waals surface area contributed by atoms with Crippen LogP contribution in [0.3, 0.4) is 0 Å². The number of ketones is 2. The van der Waals surface area contributed by atoms with Gasteiger partial charge in [0, 0.05) is 105 Å². The molecule has 0 spiro atoms. The molecule has 0 saturated heterocycles. The van der Waals surface area contributed by atoms with Crippen molar-refractivity contribution in [2.24, 2.45) is 34.2 Å². The summed E-state index contributed by atoms with van der Waals surface area (Å²) < 4.78 is 33.4. The van der Waals surface area contributed by atoms with E-state index in [2.05, 4.69) is 20.9 Å². The van der Waals surface area contributed by atoms with Crippen molar-refractivity contribution in [3.05, 3.63) is 99.7 Å². The number of phenolic OH excluding ortho intramolecular Hbond substituents is 4. The van der Waals surface area contributed by atoms with Gasteiger partial charge in [0.2, 0.25) is 0 Å². The zero-order valence-electron chi connectivity index (χ0n) is 49.1. The topological polar surface area (TPSA) is 339 Å². The average Bonchev–Trinajstić information content (AvgIpc) is 3.63. The zero-order valence-corrected chi connectivity index (χ0v) is 49.9. The minimum Gasteiger partial charge on any atom is -0.506 e. The molecule has 9 atom stereocenters.